The first-order valence-corrected chi connectivity index (χ1v) is 10.2. The third kappa shape index (κ3) is 6.18. The molecule has 6 heteroatoms. The fourth-order valence-corrected chi connectivity index (χ4v) is 3.80. The number of benzene rings is 2. The van der Waals surface area contributed by atoms with Crippen LogP contribution in [0.2, 0.25) is 0 Å². The van der Waals surface area contributed by atoms with Crippen LogP contribution in [-0.4, -0.2) is 24.2 Å². The Balaban J connectivity index is 2.07. The molecule has 25 heavy (non-hydrogen) atoms. The van der Waals surface area contributed by atoms with Crippen molar-refractivity contribution in [3.05, 3.63) is 54.1 Å². The molecule has 0 saturated heterocycles. The summed E-state index contributed by atoms with van der Waals surface area (Å²) < 4.78 is 4.90. The maximum Gasteiger partial charge on any atom is 0.319 e. The molecule has 0 bridgehead atoms. The highest BCUT2D eigenvalue weighted by Gasteiger charge is 2.04. The van der Waals surface area contributed by atoms with E-state index in [1.807, 2.05) is 42.5 Å². The predicted molar refractivity (Wildman–Crippen MR) is 108 cm³/mol. The molecule has 0 aliphatic rings. The number of hydrogen-bond acceptors (Lipinski definition) is 2. The van der Waals surface area contributed by atoms with E-state index in [0.717, 1.165) is 23.5 Å². The largest absolute Gasteiger partial charge is 0.338 e. The van der Waals surface area contributed by atoms with Crippen LogP contribution in [0.1, 0.15) is 18.9 Å². The molecule has 2 N–H and O–H groups in total. The first kappa shape index (κ1) is 19.5. The van der Waals surface area contributed by atoms with Crippen LogP contribution in [0.4, 0.5) is 16.2 Å². The van der Waals surface area contributed by atoms with E-state index in [1.54, 1.807) is 0 Å². The van der Waals surface area contributed by atoms with Gasteiger partial charge in [0.1, 0.15) is 0 Å². The summed E-state index contributed by atoms with van der Waals surface area (Å²) in [5, 5.41) is 5.59. The van der Waals surface area contributed by atoms with Crippen molar-refractivity contribution in [1.29, 1.82) is 0 Å². The lowest BCUT2D eigenvalue weighted by Crippen LogP contribution is -2.29. The average molecular weight is 378 g/mol. The standard InChI is InChI=1S/C19H24ClN3OS/c1-3-25(23-18-8-5-4-7-15(18)2)17-11-9-16(10-12-17)22-19(24)21-14-6-13-20/h4-5,7-12H,3,6,13-14H2,1-2H3,(H2,21,22,24). The monoisotopic (exact) mass is 377 g/mol. The first-order chi connectivity index (χ1) is 12.1. The third-order valence-corrected chi connectivity index (χ3v) is 5.63. The Morgan fingerprint density at radius 2 is 1.88 bits per heavy atom. The summed E-state index contributed by atoms with van der Waals surface area (Å²) in [7, 11) is -0.201. The lowest BCUT2D eigenvalue weighted by atomic mass is 10.2. The van der Waals surface area contributed by atoms with Crippen molar-refractivity contribution < 1.29 is 4.79 Å². The minimum absolute atomic E-state index is 0.201. The molecule has 0 aromatic heterocycles. The summed E-state index contributed by atoms with van der Waals surface area (Å²) in [4.78, 5) is 12.9. The smallest absolute Gasteiger partial charge is 0.319 e. The number of anilines is 1. The van der Waals surface area contributed by atoms with Crippen LogP contribution in [0, 0.1) is 6.92 Å². The van der Waals surface area contributed by atoms with Crippen molar-refractivity contribution in [2.24, 2.45) is 4.36 Å². The maximum atomic E-state index is 11.8. The van der Waals surface area contributed by atoms with Gasteiger partial charge in [-0.3, -0.25) is 0 Å². The molecule has 2 rings (SSSR count). The van der Waals surface area contributed by atoms with E-state index >= 15 is 0 Å². The van der Waals surface area contributed by atoms with Crippen molar-refractivity contribution in [3.8, 4) is 0 Å². The molecule has 0 saturated carbocycles. The van der Waals surface area contributed by atoms with E-state index < -0.39 is 0 Å². The van der Waals surface area contributed by atoms with Crippen LogP contribution < -0.4 is 10.6 Å². The maximum absolute atomic E-state index is 11.8. The highest BCUT2D eigenvalue weighted by molar-refractivity contribution is 7.87. The van der Waals surface area contributed by atoms with E-state index in [4.69, 9.17) is 16.0 Å². The number of hydrogen-bond donors (Lipinski definition) is 2. The minimum atomic E-state index is -0.211. The number of aryl methyl sites for hydroxylation is 1. The Labute approximate surface area is 157 Å². The minimum Gasteiger partial charge on any atom is -0.338 e. The molecule has 134 valence electrons. The van der Waals surface area contributed by atoms with Gasteiger partial charge in [-0.1, -0.05) is 35.8 Å². The Hall–Kier alpha value is -1.85. The number of carbonyl (C=O) groups excluding carboxylic acids is 1. The molecule has 2 amide bonds. The lowest BCUT2D eigenvalue weighted by molar-refractivity contribution is 0.252. The van der Waals surface area contributed by atoms with Gasteiger partial charge in [-0.2, -0.15) is 0 Å². The van der Waals surface area contributed by atoms with E-state index in [2.05, 4.69) is 30.5 Å². The molecule has 1 atom stereocenters. The number of amides is 2. The zero-order chi connectivity index (χ0) is 18.1. The molecule has 2 aromatic rings. The predicted octanol–water partition coefficient (Wildman–Crippen LogP) is 5.26. The number of nitrogens with one attached hydrogen (secondary N) is 2. The molecule has 0 radical (unpaired) electrons. The summed E-state index contributed by atoms with van der Waals surface area (Å²) in [6.07, 6.45) is 0.758. The van der Waals surface area contributed by atoms with Crippen LogP contribution in [0.5, 0.6) is 0 Å². The summed E-state index contributed by atoms with van der Waals surface area (Å²) in [5.41, 5.74) is 2.98. The summed E-state index contributed by atoms with van der Waals surface area (Å²) >= 11 is 5.59. The third-order valence-electron chi connectivity index (χ3n) is 3.58. The molecular weight excluding hydrogens is 354 g/mol. The molecule has 0 aliphatic carbocycles. The molecule has 0 fully saturated rings. The average Bonchev–Trinajstić information content (AvgIpc) is 2.62. The first-order valence-electron chi connectivity index (χ1n) is 8.33. The van der Waals surface area contributed by atoms with Crippen molar-refractivity contribution in [3.63, 3.8) is 0 Å². The number of rotatable bonds is 7. The summed E-state index contributed by atoms with van der Waals surface area (Å²) in [5.74, 6) is 1.48. The zero-order valence-corrected chi connectivity index (χ0v) is 16.2. The zero-order valence-electron chi connectivity index (χ0n) is 14.6. The molecular formula is C19H24ClN3OS. The van der Waals surface area contributed by atoms with Crippen molar-refractivity contribution in [2.75, 3.05) is 23.5 Å². The van der Waals surface area contributed by atoms with E-state index in [0.29, 0.717) is 12.4 Å². The van der Waals surface area contributed by atoms with Gasteiger partial charge in [0.2, 0.25) is 0 Å². The molecule has 0 spiro atoms. The van der Waals surface area contributed by atoms with Crippen LogP contribution >= 0.6 is 11.6 Å². The fraction of sp³-hybridized carbons (Fsp3) is 0.316. The molecule has 4 nitrogen and oxygen atoms in total. The van der Waals surface area contributed by atoms with Crippen molar-refractivity contribution in [1.82, 2.24) is 5.32 Å². The Bertz CT molecular complexity index is 732. The van der Waals surface area contributed by atoms with E-state index in [1.165, 1.54) is 10.5 Å². The second kappa shape index (κ2) is 10.2. The van der Waals surface area contributed by atoms with Gasteiger partial charge in [-0.05, 0) is 49.2 Å². The van der Waals surface area contributed by atoms with Gasteiger partial charge in [0, 0.05) is 28.8 Å². The van der Waals surface area contributed by atoms with Crippen molar-refractivity contribution >= 4 is 39.7 Å². The van der Waals surface area contributed by atoms with Crippen LogP contribution in [-0.2, 0) is 10.7 Å². The number of carbonyl (C=O) groups is 1. The summed E-state index contributed by atoms with van der Waals surface area (Å²) in [6.45, 7) is 4.79. The number of urea groups is 1. The normalized spacial score (nSPS) is 12.0. The highest BCUT2D eigenvalue weighted by atomic mass is 35.5. The van der Waals surface area contributed by atoms with E-state index in [9.17, 15) is 4.79 Å². The highest BCUT2D eigenvalue weighted by Crippen LogP contribution is 2.22. The Morgan fingerprint density at radius 3 is 2.52 bits per heavy atom. The molecule has 0 heterocycles. The van der Waals surface area contributed by atoms with Gasteiger partial charge < -0.3 is 10.6 Å². The lowest BCUT2D eigenvalue weighted by Gasteiger charge is -2.10. The molecule has 1 unspecified atom stereocenters. The van der Waals surface area contributed by atoms with E-state index in [-0.39, 0.29) is 16.7 Å². The van der Waals surface area contributed by atoms with Crippen LogP contribution in [0.15, 0.2) is 57.8 Å². The SMILES string of the molecule is CCS(=Nc1ccccc1C)c1ccc(NC(=O)NCCCCl)cc1. The number of nitrogens with zero attached hydrogens (tertiary/aromatic N) is 1. The van der Waals surface area contributed by atoms with Crippen molar-refractivity contribution in [2.45, 2.75) is 25.2 Å². The van der Waals surface area contributed by atoms with Crippen LogP contribution in [0.3, 0.4) is 0 Å². The Kier molecular flexibility index (Phi) is 7.95. The molecule has 2 aromatic carbocycles. The van der Waals surface area contributed by atoms with Crippen LogP contribution in [0.25, 0.3) is 0 Å². The van der Waals surface area contributed by atoms with Gasteiger partial charge in [0.05, 0.1) is 5.69 Å². The second-order valence-electron chi connectivity index (χ2n) is 5.48. The summed E-state index contributed by atoms with van der Waals surface area (Å²) in [6, 6.07) is 15.8. The second-order valence-corrected chi connectivity index (χ2v) is 7.82. The van der Waals surface area contributed by atoms with Gasteiger partial charge in [-0.25, -0.2) is 9.16 Å². The fourth-order valence-electron chi connectivity index (χ4n) is 2.21. The van der Waals surface area contributed by atoms with Gasteiger partial charge >= 0.3 is 6.03 Å². The Morgan fingerprint density at radius 1 is 1.16 bits per heavy atom. The number of halogens is 1. The number of alkyl halides is 1. The van der Waals surface area contributed by atoms with Gasteiger partial charge in [0.15, 0.2) is 0 Å². The van der Waals surface area contributed by atoms with Gasteiger partial charge in [0.25, 0.3) is 0 Å². The molecule has 0 aliphatic heterocycles. The quantitative estimate of drug-likeness (QED) is 0.502. The van der Waals surface area contributed by atoms with Gasteiger partial charge in [-0.15, -0.1) is 11.6 Å². The topological polar surface area (TPSA) is 53.5 Å².